The zero-order valence-corrected chi connectivity index (χ0v) is 18.0. The number of aryl methyl sites for hydroxylation is 2. The summed E-state index contributed by atoms with van der Waals surface area (Å²) in [4.78, 5) is 12.4. The molecule has 0 fully saturated rings. The Morgan fingerprint density at radius 3 is 2.61 bits per heavy atom. The number of hydrogen-bond acceptors (Lipinski definition) is 7. The number of rotatable bonds is 7. The molecule has 2 aromatic heterocycles. The molecule has 2 N–H and O–H groups in total. The van der Waals surface area contributed by atoms with Crippen molar-refractivity contribution < 1.29 is 26.9 Å². The third kappa shape index (κ3) is 3.99. The molecule has 31 heavy (non-hydrogen) atoms. The number of ether oxygens (including phenoxy) is 1. The lowest BCUT2D eigenvalue weighted by molar-refractivity contribution is -0.116. The molecule has 0 atom stereocenters. The Bertz CT molecular complexity index is 1370. The van der Waals surface area contributed by atoms with Gasteiger partial charge in [-0.05, 0) is 26.0 Å². The van der Waals surface area contributed by atoms with Crippen LogP contribution in [0, 0.1) is 13.8 Å². The number of sulfonamides is 1. The van der Waals surface area contributed by atoms with Gasteiger partial charge in [0.2, 0.25) is 15.9 Å². The molecule has 0 saturated heterocycles. The lowest BCUT2D eigenvalue weighted by Gasteiger charge is -2.11. The second-order valence-corrected chi connectivity index (χ2v) is 8.70. The van der Waals surface area contributed by atoms with Gasteiger partial charge in [-0.3, -0.25) is 4.79 Å². The van der Waals surface area contributed by atoms with Gasteiger partial charge in [0.25, 0.3) is 0 Å². The first-order valence-electron chi connectivity index (χ1n) is 9.52. The molecule has 1 amide bonds. The number of benzene rings is 2. The number of carbonyl (C=O) groups excluding carboxylic acids is 1. The van der Waals surface area contributed by atoms with E-state index in [0.29, 0.717) is 17.0 Å². The Kier molecular flexibility index (Phi) is 5.42. The third-order valence-electron chi connectivity index (χ3n) is 4.85. The number of methoxy groups -OCH3 is 1. The highest BCUT2D eigenvalue weighted by Crippen LogP contribution is 2.36. The second kappa shape index (κ2) is 8.05. The van der Waals surface area contributed by atoms with E-state index in [4.69, 9.17) is 13.7 Å². The minimum atomic E-state index is -3.83. The van der Waals surface area contributed by atoms with Gasteiger partial charge >= 0.3 is 0 Å². The predicted molar refractivity (Wildman–Crippen MR) is 115 cm³/mol. The SMILES string of the molecule is COc1cc2c(cc1NC(=O)CCNS(=O)(=O)c1c(C)noc1C)oc1ccccc12. The molecule has 4 aromatic rings. The largest absolute Gasteiger partial charge is 0.495 e. The molecule has 162 valence electrons. The van der Waals surface area contributed by atoms with E-state index in [-0.39, 0.29) is 35.2 Å². The molecule has 0 aliphatic carbocycles. The summed E-state index contributed by atoms with van der Waals surface area (Å²) in [5.74, 6) is 0.289. The number of nitrogens with one attached hydrogen (secondary N) is 2. The van der Waals surface area contributed by atoms with Crippen molar-refractivity contribution in [3.63, 3.8) is 0 Å². The molecule has 0 spiro atoms. The number of anilines is 1. The standard InChI is InChI=1S/C21H21N3O6S/c1-12-21(13(2)30-24-12)31(26,27)22-9-8-20(25)23-16-11-18-15(10-19(16)28-3)14-6-4-5-7-17(14)29-18/h4-7,10-11,22H,8-9H2,1-3H3,(H,23,25). The van der Waals surface area contributed by atoms with Crippen molar-refractivity contribution in [2.24, 2.45) is 0 Å². The van der Waals surface area contributed by atoms with Crippen LogP contribution in [0.3, 0.4) is 0 Å². The summed E-state index contributed by atoms with van der Waals surface area (Å²) in [5.41, 5.74) is 2.04. The summed E-state index contributed by atoms with van der Waals surface area (Å²) in [5, 5.41) is 8.22. The Labute approximate surface area is 178 Å². The second-order valence-electron chi connectivity index (χ2n) is 7.00. The predicted octanol–water partition coefficient (Wildman–Crippen LogP) is 3.51. The molecule has 2 heterocycles. The van der Waals surface area contributed by atoms with Crippen LogP contribution in [0.5, 0.6) is 5.75 Å². The maximum Gasteiger partial charge on any atom is 0.245 e. The zero-order valence-electron chi connectivity index (χ0n) is 17.2. The smallest absolute Gasteiger partial charge is 0.245 e. The van der Waals surface area contributed by atoms with E-state index in [1.165, 1.54) is 21.0 Å². The average molecular weight is 443 g/mol. The molecule has 10 heteroatoms. The molecule has 0 saturated carbocycles. The van der Waals surface area contributed by atoms with Crippen LogP contribution in [-0.2, 0) is 14.8 Å². The van der Waals surface area contributed by atoms with Crippen LogP contribution in [0.1, 0.15) is 17.9 Å². The Morgan fingerprint density at radius 2 is 1.90 bits per heavy atom. The van der Waals surface area contributed by atoms with E-state index in [1.54, 1.807) is 12.1 Å². The molecule has 0 aliphatic heterocycles. The lowest BCUT2D eigenvalue weighted by Crippen LogP contribution is -2.28. The highest BCUT2D eigenvalue weighted by molar-refractivity contribution is 7.89. The van der Waals surface area contributed by atoms with Crippen LogP contribution < -0.4 is 14.8 Å². The van der Waals surface area contributed by atoms with Crippen LogP contribution in [0.25, 0.3) is 21.9 Å². The van der Waals surface area contributed by atoms with Gasteiger partial charge in [0.1, 0.15) is 27.5 Å². The lowest BCUT2D eigenvalue weighted by atomic mass is 10.1. The van der Waals surface area contributed by atoms with Crippen LogP contribution in [0.2, 0.25) is 0 Å². The Morgan fingerprint density at radius 1 is 1.13 bits per heavy atom. The monoisotopic (exact) mass is 443 g/mol. The summed E-state index contributed by atoms with van der Waals surface area (Å²) in [7, 11) is -2.32. The maximum atomic E-state index is 12.4. The van der Waals surface area contributed by atoms with Crippen LogP contribution in [0.15, 0.2) is 50.2 Å². The number of amides is 1. The average Bonchev–Trinajstić information content (AvgIpc) is 3.26. The number of furan rings is 1. The Hall–Kier alpha value is -3.37. The third-order valence-corrected chi connectivity index (χ3v) is 6.56. The van der Waals surface area contributed by atoms with Gasteiger partial charge in [0, 0.05) is 29.8 Å². The fourth-order valence-electron chi connectivity index (χ4n) is 3.46. The summed E-state index contributed by atoms with van der Waals surface area (Å²) >= 11 is 0. The topological polar surface area (TPSA) is 124 Å². The summed E-state index contributed by atoms with van der Waals surface area (Å²) < 4.78 is 43.4. The highest BCUT2D eigenvalue weighted by Gasteiger charge is 2.24. The molecule has 2 aromatic carbocycles. The fourth-order valence-corrected chi connectivity index (χ4v) is 4.82. The normalized spacial score (nSPS) is 11.8. The molecular formula is C21H21N3O6S. The summed E-state index contributed by atoms with van der Waals surface area (Å²) in [6.45, 7) is 2.97. The maximum absolute atomic E-state index is 12.4. The summed E-state index contributed by atoms with van der Waals surface area (Å²) in [6, 6.07) is 11.1. The fraction of sp³-hybridized carbons (Fsp3) is 0.238. The first-order chi connectivity index (χ1) is 14.8. The number of aromatic nitrogens is 1. The molecule has 0 radical (unpaired) electrons. The van der Waals surface area contributed by atoms with E-state index in [1.807, 2.05) is 24.3 Å². The van der Waals surface area contributed by atoms with Crippen LogP contribution >= 0.6 is 0 Å². The Balaban J connectivity index is 1.47. The van der Waals surface area contributed by atoms with E-state index in [2.05, 4.69) is 15.2 Å². The van der Waals surface area contributed by atoms with Crippen molar-refractivity contribution in [2.45, 2.75) is 25.2 Å². The summed E-state index contributed by atoms with van der Waals surface area (Å²) in [6.07, 6.45) is -0.0794. The van der Waals surface area contributed by atoms with Crippen LogP contribution in [0.4, 0.5) is 5.69 Å². The number of carbonyl (C=O) groups is 1. The van der Waals surface area contributed by atoms with Gasteiger partial charge in [0.05, 0.1) is 12.8 Å². The highest BCUT2D eigenvalue weighted by atomic mass is 32.2. The van der Waals surface area contributed by atoms with E-state index in [9.17, 15) is 13.2 Å². The number of nitrogens with zero attached hydrogens (tertiary/aromatic N) is 1. The number of fused-ring (bicyclic) bond motifs is 3. The van der Waals surface area contributed by atoms with Crippen molar-refractivity contribution in [1.82, 2.24) is 9.88 Å². The van der Waals surface area contributed by atoms with Gasteiger partial charge in [-0.2, -0.15) is 0 Å². The zero-order chi connectivity index (χ0) is 22.2. The molecule has 4 rings (SSSR count). The van der Waals surface area contributed by atoms with Gasteiger partial charge in [0.15, 0.2) is 5.76 Å². The minimum Gasteiger partial charge on any atom is -0.495 e. The first-order valence-corrected chi connectivity index (χ1v) is 11.0. The van der Waals surface area contributed by atoms with Crippen molar-refractivity contribution in [1.29, 1.82) is 0 Å². The molecular weight excluding hydrogens is 422 g/mol. The van der Waals surface area contributed by atoms with E-state index < -0.39 is 10.0 Å². The minimum absolute atomic E-state index is 0.00934. The van der Waals surface area contributed by atoms with Gasteiger partial charge in [-0.25, -0.2) is 13.1 Å². The van der Waals surface area contributed by atoms with Gasteiger partial charge in [-0.15, -0.1) is 0 Å². The molecule has 0 aliphatic rings. The van der Waals surface area contributed by atoms with Crippen LogP contribution in [-0.4, -0.2) is 33.1 Å². The van der Waals surface area contributed by atoms with Crippen molar-refractivity contribution in [3.05, 3.63) is 47.9 Å². The van der Waals surface area contributed by atoms with Crippen molar-refractivity contribution in [3.8, 4) is 5.75 Å². The molecule has 0 bridgehead atoms. The van der Waals surface area contributed by atoms with E-state index >= 15 is 0 Å². The van der Waals surface area contributed by atoms with Gasteiger partial charge in [-0.1, -0.05) is 23.4 Å². The number of hydrogen-bond donors (Lipinski definition) is 2. The number of para-hydroxylation sites is 1. The van der Waals surface area contributed by atoms with E-state index in [0.717, 1.165) is 16.4 Å². The molecule has 0 unspecified atom stereocenters. The quantitative estimate of drug-likeness (QED) is 0.448. The van der Waals surface area contributed by atoms with Crippen molar-refractivity contribution in [2.75, 3.05) is 19.0 Å². The van der Waals surface area contributed by atoms with Gasteiger partial charge < -0.3 is 19.0 Å². The molecule has 9 nitrogen and oxygen atoms in total. The first kappa shape index (κ1) is 20.9. The van der Waals surface area contributed by atoms with Crippen molar-refractivity contribution >= 4 is 43.6 Å².